The Morgan fingerprint density at radius 3 is 2.60 bits per heavy atom. The number of hydrogen-bond donors (Lipinski definition) is 1. The molecule has 1 aliphatic heterocycles. The van der Waals surface area contributed by atoms with Gasteiger partial charge in [-0.1, -0.05) is 30.3 Å². The van der Waals surface area contributed by atoms with E-state index < -0.39 is 0 Å². The highest BCUT2D eigenvalue weighted by molar-refractivity contribution is 9.11. The van der Waals surface area contributed by atoms with E-state index in [1.165, 1.54) is 11.3 Å². The Bertz CT molecular complexity index is 849. The van der Waals surface area contributed by atoms with E-state index in [1.54, 1.807) is 18.2 Å². The van der Waals surface area contributed by atoms with Gasteiger partial charge in [-0.25, -0.2) is 0 Å². The first-order chi connectivity index (χ1) is 12.0. The number of hydrogen-bond acceptors (Lipinski definition) is 5. The molecule has 0 unspecified atom stereocenters. The molecule has 3 rings (SSSR count). The smallest absolute Gasteiger partial charge is 0.293 e. The number of thiophene rings is 1. The van der Waals surface area contributed by atoms with Gasteiger partial charge in [0.2, 0.25) is 0 Å². The van der Waals surface area contributed by atoms with Gasteiger partial charge in [0.1, 0.15) is 0 Å². The van der Waals surface area contributed by atoms with Gasteiger partial charge in [-0.05, 0) is 51.5 Å². The number of thioether (sulfide) groups is 1. The number of carbonyl (C=O) groups is 3. The Morgan fingerprint density at radius 1 is 1.16 bits per heavy atom. The number of amides is 3. The summed E-state index contributed by atoms with van der Waals surface area (Å²) in [5.74, 6) is -0.547. The molecule has 2 heterocycles. The fraction of sp³-hybridized carbons (Fsp3) is 0.118. The molecule has 3 amide bonds. The SMILES string of the molecule is O=C(NCCN1C(=O)S/C(=C\c2ccccc2)C1=O)c1ccc(Br)s1. The highest BCUT2D eigenvalue weighted by atomic mass is 79.9. The molecule has 0 atom stereocenters. The maximum Gasteiger partial charge on any atom is 0.293 e. The van der Waals surface area contributed by atoms with Gasteiger partial charge in [0, 0.05) is 13.1 Å². The minimum atomic E-state index is -0.327. The number of rotatable bonds is 5. The Hall–Kier alpha value is -1.90. The summed E-state index contributed by atoms with van der Waals surface area (Å²) in [5, 5.41) is 2.40. The minimum Gasteiger partial charge on any atom is -0.350 e. The number of nitrogens with zero attached hydrogens (tertiary/aromatic N) is 1. The Kier molecular flexibility index (Phi) is 5.72. The summed E-state index contributed by atoms with van der Waals surface area (Å²) >= 11 is 5.55. The molecule has 1 N–H and O–H groups in total. The largest absolute Gasteiger partial charge is 0.350 e. The number of carbonyl (C=O) groups excluding carboxylic acids is 3. The summed E-state index contributed by atoms with van der Waals surface area (Å²) in [6.07, 6.45) is 1.70. The lowest BCUT2D eigenvalue weighted by Crippen LogP contribution is -2.37. The van der Waals surface area contributed by atoms with Crippen molar-refractivity contribution in [3.05, 3.63) is 61.6 Å². The third kappa shape index (κ3) is 4.39. The van der Waals surface area contributed by atoms with Crippen LogP contribution in [0.5, 0.6) is 0 Å². The third-order valence-corrected chi connectivity index (χ3v) is 5.92. The predicted octanol–water partition coefficient (Wildman–Crippen LogP) is 3.98. The Morgan fingerprint density at radius 2 is 1.92 bits per heavy atom. The van der Waals surface area contributed by atoms with E-state index in [4.69, 9.17) is 0 Å². The molecule has 1 aromatic carbocycles. The van der Waals surface area contributed by atoms with E-state index in [2.05, 4.69) is 21.2 Å². The van der Waals surface area contributed by atoms with Crippen LogP contribution in [-0.2, 0) is 4.79 Å². The first kappa shape index (κ1) is 17.9. The lowest BCUT2D eigenvalue weighted by Gasteiger charge is -2.12. The van der Waals surface area contributed by atoms with Crippen molar-refractivity contribution < 1.29 is 14.4 Å². The van der Waals surface area contributed by atoms with Crippen LogP contribution in [0.4, 0.5) is 4.79 Å². The zero-order valence-electron chi connectivity index (χ0n) is 12.9. The van der Waals surface area contributed by atoms with Crippen LogP contribution in [0.15, 0.2) is 51.2 Å². The summed E-state index contributed by atoms with van der Waals surface area (Å²) in [6.45, 7) is 0.361. The van der Waals surface area contributed by atoms with E-state index in [-0.39, 0.29) is 30.1 Å². The van der Waals surface area contributed by atoms with Crippen molar-refractivity contribution in [1.29, 1.82) is 0 Å². The van der Waals surface area contributed by atoms with Crippen molar-refractivity contribution in [1.82, 2.24) is 10.2 Å². The van der Waals surface area contributed by atoms with Crippen molar-refractivity contribution in [3.8, 4) is 0 Å². The van der Waals surface area contributed by atoms with Gasteiger partial charge in [-0.15, -0.1) is 11.3 Å². The van der Waals surface area contributed by atoms with Crippen LogP contribution in [0.3, 0.4) is 0 Å². The monoisotopic (exact) mass is 436 g/mol. The zero-order valence-corrected chi connectivity index (χ0v) is 16.1. The minimum absolute atomic E-state index is 0.148. The van der Waals surface area contributed by atoms with E-state index >= 15 is 0 Å². The second kappa shape index (κ2) is 7.99. The maximum atomic E-state index is 12.4. The van der Waals surface area contributed by atoms with Gasteiger partial charge in [0.25, 0.3) is 17.1 Å². The second-order valence-corrected chi connectivity index (χ2v) is 8.56. The van der Waals surface area contributed by atoms with Gasteiger partial charge in [-0.2, -0.15) is 0 Å². The van der Waals surface area contributed by atoms with E-state index in [1.807, 2.05) is 30.3 Å². The van der Waals surface area contributed by atoms with Crippen molar-refractivity contribution in [2.45, 2.75) is 0 Å². The second-order valence-electron chi connectivity index (χ2n) is 5.10. The van der Waals surface area contributed by atoms with Crippen LogP contribution in [0, 0.1) is 0 Å². The molecule has 1 aromatic heterocycles. The van der Waals surface area contributed by atoms with Crippen LogP contribution in [-0.4, -0.2) is 35.0 Å². The normalized spacial score (nSPS) is 15.9. The molecule has 0 spiro atoms. The quantitative estimate of drug-likeness (QED) is 0.719. The first-order valence-corrected chi connectivity index (χ1v) is 9.81. The summed E-state index contributed by atoms with van der Waals surface area (Å²) in [4.78, 5) is 38.5. The number of halogens is 1. The van der Waals surface area contributed by atoms with Crippen LogP contribution in [0.2, 0.25) is 0 Å². The first-order valence-electron chi connectivity index (χ1n) is 7.38. The highest BCUT2D eigenvalue weighted by Crippen LogP contribution is 2.31. The van der Waals surface area contributed by atoms with Crippen LogP contribution in [0.25, 0.3) is 6.08 Å². The molecule has 25 heavy (non-hydrogen) atoms. The fourth-order valence-electron chi connectivity index (χ4n) is 2.20. The molecular formula is C17H13BrN2O3S2. The molecule has 1 saturated heterocycles. The Balaban J connectivity index is 1.58. The standard InChI is InChI=1S/C17H13BrN2O3S2/c18-14-7-6-12(24-14)15(21)19-8-9-20-16(22)13(25-17(20)23)10-11-4-2-1-3-5-11/h1-7,10H,8-9H2,(H,19,21)/b13-10-. The van der Waals surface area contributed by atoms with Crippen molar-refractivity contribution in [3.63, 3.8) is 0 Å². The predicted molar refractivity (Wildman–Crippen MR) is 103 cm³/mol. The van der Waals surface area contributed by atoms with Crippen molar-refractivity contribution >= 4 is 62.2 Å². The summed E-state index contributed by atoms with van der Waals surface area (Å²) in [7, 11) is 0. The molecule has 0 bridgehead atoms. The van der Waals surface area contributed by atoms with Gasteiger partial charge in [-0.3, -0.25) is 19.3 Å². The lowest BCUT2D eigenvalue weighted by molar-refractivity contribution is -0.122. The maximum absolute atomic E-state index is 12.4. The molecule has 0 saturated carbocycles. The number of benzene rings is 1. The molecule has 1 aliphatic rings. The van der Waals surface area contributed by atoms with Gasteiger partial charge in [0.05, 0.1) is 13.6 Å². The topological polar surface area (TPSA) is 66.5 Å². The summed E-state index contributed by atoms with van der Waals surface area (Å²) < 4.78 is 0.870. The van der Waals surface area contributed by atoms with E-state index in [0.717, 1.165) is 26.0 Å². The number of nitrogens with one attached hydrogen (secondary N) is 1. The molecule has 8 heteroatoms. The van der Waals surface area contributed by atoms with Crippen molar-refractivity contribution in [2.24, 2.45) is 0 Å². The average molecular weight is 437 g/mol. The highest BCUT2D eigenvalue weighted by Gasteiger charge is 2.34. The van der Waals surface area contributed by atoms with Crippen LogP contribution in [0.1, 0.15) is 15.2 Å². The summed E-state index contributed by atoms with van der Waals surface area (Å²) in [5.41, 5.74) is 0.865. The summed E-state index contributed by atoms with van der Waals surface area (Å²) in [6, 6.07) is 12.9. The van der Waals surface area contributed by atoms with Gasteiger partial charge < -0.3 is 5.32 Å². The third-order valence-electron chi connectivity index (χ3n) is 3.39. The molecule has 2 aromatic rings. The van der Waals surface area contributed by atoms with E-state index in [9.17, 15) is 14.4 Å². The molecule has 5 nitrogen and oxygen atoms in total. The zero-order chi connectivity index (χ0) is 17.8. The molecule has 1 fully saturated rings. The van der Waals surface area contributed by atoms with Gasteiger partial charge >= 0.3 is 0 Å². The van der Waals surface area contributed by atoms with E-state index in [0.29, 0.717) is 9.78 Å². The molecule has 0 aliphatic carbocycles. The molecular weight excluding hydrogens is 424 g/mol. The van der Waals surface area contributed by atoms with Crippen LogP contribution >= 0.6 is 39.0 Å². The number of imide groups is 1. The van der Waals surface area contributed by atoms with Crippen molar-refractivity contribution in [2.75, 3.05) is 13.1 Å². The molecule has 128 valence electrons. The Labute approximate surface area is 161 Å². The average Bonchev–Trinajstić information content (AvgIpc) is 3.14. The van der Waals surface area contributed by atoms with Crippen LogP contribution < -0.4 is 5.32 Å². The van der Waals surface area contributed by atoms with Gasteiger partial charge in [0.15, 0.2) is 0 Å². The lowest BCUT2D eigenvalue weighted by atomic mass is 10.2. The fourth-order valence-corrected chi connectivity index (χ4v) is 4.37. The molecule has 0 radical (unpaired) electrons.